The average molecular weight is 254 g/mol. The van der Waals surface area contributed by atoms with Crippen LogP contribution in [0, 0.1) is 5.92 Å². The van der Waals surface area contributed by atoms with Crippen LogP contribution in [-0.2, 0) is 14.4 Å². The summed E-state index contributed by atoms with van der Waals surface area (Å²) < 4.78 is 0. The van der Waals surface area contributed by atoms with Crippen LogP contribution in [0.3, 0.4) is 0 Å². The summed E-state index contributed by atoms with van der Waals surface area (Å²) in [5.41, 5.74) is 0. The fourth-order valence-electron chi connectivity index (χ4n) is 2.14. The molecule has 2 rings (SSSR count). The molecule has 0 aromatic carbocycles. The van der Waals surface area contributed by atoms with Gasteiger partial charge < -0.3 is 14.9 Å². The average Bonchev–Trinajstić information content (AvgIpc) is 3.19. The van der Waals surface area contributed by atoms with E-state index in [1.54, 1.807) is 4.90 Å². The molecule has 18 heavy (non-hydrogen) atoms. The summed E-state index contributed by atoms with van der Waals surface area (Å²) in [6, 6.07) is 0. The summed E-state index contributed by atoms with van der Waals surface area (Å²) in [5.74, 6) is -0.645. The highest BCUT2D eigenvalue weighted by molar-refractivity contribution is 5.82. The Morgan fingerprint density at radius 1 is 0.944 bits per heavy atom. The number of carbonyl (C=O) groups excluding carboxylic acids is 2. The van der Waals surface area contributed by atoms with Gasteiger partial charge in [-0.25, -0.2) is 0 Å². The van der Waals surface area contributed by atoms with Crippen LogP contribution in [-0.4, -0.2) is 58.9 Å². The van der Waals surface area contributed by atoms with Crippen LogP contribution in [0.5, 0.6) is 0 Å². The molecule has 1 saturated carbocycles. The summed E-state index contributed by atoms with van der Waals surface area (Å²) >= 11 is 0. The van der Waals surface area contributed by atoms with Crippen LogP contribution >= 0.6 is 0 Å². The summed E-state index contributed by atoms with van der Waals surface area (Å²) in [6.07, 6.45) is 1.92. The Morgan fingerprint density at radius 2 is 1.50 bits per heavy atom. The first-order valence-electron chi connectivity index (χ1n) is 6.36. The van der Waals surface area contributed by atoms with Crippen molar-refractivity contribution < 1.29 is 19.5 Å². The van der Waals surface area contributed by atoms with E-state index >= 15 is 0 Å². The molecule has 1 heterocycles. The number of rotatable bonds is 4. The third-order valence-electron chi connectivity index (χ3n) is 3.42. The van der Waals surface area contributed by atoms with Gasteiger partial charge in [-0.1, -0.05) is 0 Å². The van der Waals surface area contributed by atoms with Crippen LogP contribution in [0.2, 0.25) is 0 Å². The highest BCUT2D eigenvalue weighted by Crippen LogP contribution is 2.31. The molecule has 1 aliphatic carbocycles. The van der Waals surface area contributed by atoms with Crippen LogP contribution in [0.1, 0.15) is 25.7 Å². The number of nitrogens with zero attached hydrogens (tertiary/aromatic N) is 2. The van der Waals surface area contributed by atoms with Gasteiger partial charge in [0, 0.05) is 38.5 Å². The lowest BCUT2D eigenvalue weighted by Crippen LogP contribution is -2.51. The van der Waals surface area contributed by atoms with Gasteiger partial charge in [0.15, 0.2) is 0 Å². The predicted octanol–water partition coefficient (Wildman–Crippen LogP) is -0.0680. The van der Waals surface area contributed by atoms with Crippen molar-refractivity contribution >= 4 is 17.8 Å². The van der Waals surface area contributed by atoms with Crippen molar-refractivity contribution in [1.82, 2.24) is 9.80 Å². The van der Waals surface area contributed by atoms with Gasteiger partial charge in [-0.15, -0.1) is 0 Å². The van der Waals surface area contributed by atoms with Crippen molar-refractivity contribution in [2.24, 2.45) is 5.92 Å². The number of carboxylic acids is 1. The van der Waals surface area contributed by atoms with Crippen molar-refractivity contribution in [3.8, 4) is 0 Å². The molecule has 1 N–H and O–H groups in total. The first-order valence-corrected chi connectivity index (χ1v) is 6.36. The van der Waals surface area contributed by atoms with E-state index in [0.717, 1.165) is 12.8 Å². The third kappa shape index (κ3) is 3.21. The van der Waals surface area contributed by atoms with Crippen LogP contribution in [0.15, 0.2) is 0 Å². The Labute approximate surface area is 106 Å². The molecular weight excluding hydrogens is 236 g/mol. The molecule has 6 nitrogen and oxygen atoms in total. The number of carboxylic acid groups (broad SMARTS) is 1. The fraction of sp³-hybridized carbons (Fsp3) is 0.750. The van der Waals surface area contributed by atoms with Gasteiger partial charge in [-0.2, -0.15) is 0 Å². The highest BCUT2D eigenvalue weighted by Gasteiger charge is 2.35. The Hall–Kier alpha value is -1.59. The lowest BCUT2D eigenvalue weighted by molar-refractivity contribution is -0.143. The lowest BCUT2D eigenvalue weighted by atomic mass is 10.2. The van der Waals surface area contributed by atoms with Crippen molar-refractivity contribution in [1.29, 1.82) is 0 Å². The van der Waals surface area contributed by atoms with E-state index < -0.39 is 5.97 Å². The number of carbonyl (C=O) groups is 3. The summed E-state index contributed by atoms with van der Waals surface area (Å²) in [7, 11) is 0. The Kier molecular flexibility index (Phi) is 3.84. The van der Waals surface area contributed by atoms with E-state index in [2.05, 4.69) is 0 Å². The van der Waals surface area contributed by atoms with E-state index in [-0.39, 0.29) is 30.6 Å². The number of hydrogen-bond donors (Lipinski definition) is 1. The normalized spacial score (nSPS) is 19.8. The first-order chi connectivity index (χ1) is 8.58. The second-order valence-corrected chi connectivity index (χ2v) is 4.87. The molecule has 0 radical (unpaired) electrons. The molecule has 1 aliphatic heterocycles. The van der Waals surface area contributed by atoms with Gasteiger partial charge in [-0.05, 0) is 12.8 Å². The zero-order valence-corrected chi connectivity index (χ0v) is 10.3. The number of hydrogen-bond acceptors (Lipinski definition) is 3. The molecule has 1 saturated heterocycles. The zero-order valence-electron chi connectivity index (χ0n) is 10.3. The maximum Gasteiger partial charge on any atom is 0.303 e. The SMILES string of the molecule is O=C(O)CCC(=O)N1CCN(C(=O)C2CC2)CC1. The van der Waals surface area contributed by atoms with Crippen LogP contribution < -0.4 is 0 Å². The molecule has 100 valence electrons. The molecule has 6 heteroatoms. The molecule has 2 amide bonds. The highest BCUT2D eigenvalue weighted by atomic mass is 16.4. The minimum atomic E-state index is -0.953. The molecule has 0 atom stereocenters. The van der Waals surface area contributed by atoms with Crippen molar-refractivity contribution in [2.45, 2.75) is 25.7 Å². The quantitative estimate of drug-likeness (QED) is 0.762. The zero-order chi connectivity index (χ0) is 13.1. The predicted molar refractivity (Wildman–Crippen MR) is 62.8 cm³/mol. The molecule has 0 spiro atoms. The number of piperazine rings is 1. The molecule has 0 aromatic heterocycles. The van der Waals surface area contributed by atoms with E-state index in [0.29, 0.717) is 26.2 Å². The minimum absolute atomic E-state index is 0.0475. The molecule has 2 aliphatic rings. The van der Waals surface area contributed by atoms with Gasteiger partial charge >= 0.3 is 5.97 Å². The van der Waals surface area contributed by atoms with Gasteiger partial charge in [0.1, 0.15) is 0 Å². The van der Waals surface area contributed by atoms with Crippen molar-refractivity contribution in [3.05, 3.63) is 0 Å². The molecule has 0 bridgehead atoms. The number of aliphatic carboxylic acids is 1. The van der Waals surface area contributed by atoms with E-state index in [1.165, 1.54) is 0 Å². The third-order valence-corrected chi connectivity index (χ3v) is 3.42. The standard InChI is InChI=1S/C12H18N2O4/c15-10(3-4-11(16)17)13-5-7-14(8-6-13)12(18)9-1-2-9/h9H,1-8H2,(H,16,17). The molecular formula is C12H18N2O4. The lowest BCUT2D eigenvalue weighted by Gasteiger charge is -2.34. The van der Waals surface area contributed by atoms with Gasteiger partial charge in [0.05, 0.1) is 6.42 Å². The summed E-state index contributed by atoms with van der Waals surface area (Å²) in [4.78, 5) is 37.3. The maximum atomic E-state index is 11.8. The fourth-order valence-corrected chi connectivity index (χ4v) is 2.14. The summed E-state index contributed by atoms with van der Waals surface area (Å²) in [5, 5.41) is 8.52. The maximum absolute atomic E-state index is 11.8. The summed E-state index contributed by atoms with van der Waals surface area (Å²) in [6.45, 7) is 2.20. The van der Waals surface area contributed by atoms with Gasteiger partial charge in [0.25, 0.3) is 0 Å². The monoisotopic (exact) mass is 254 g/mol. The van der Waals surface area contributed by atoms with Gasteiger partial charge in [-0.3, -0.25) is 14.4 Å². The van der Waals surface area contributed by atoms with E-state index in [1.807, 2.05) is 4.90 Å². The van der Waals surface area contributed by atoms with E-state index in [9.17, 15) is 14.4 Å². The number of amides is 2. The molecule has 0 aromatic rings. The van der Waals surface area contributed by atoms with Gasteiger partial charge in [0.2, 0.25) is 11.8 Å². The Balaban J connectivity index is 1.73. The largest absolute Gasteiger partial charge is 0.481 e. The Morgan fingerprint density at radius 3 is 2.00 bits per heavy atom. The topological polar surface area (TPSA) is 77.9 Å². The Bertz CT molecular complexity index is 357. The van der Waals surface area contributed by atoms with Crippen LogP contribution in [0.4, 0.5) is 0 Å². The second kappa shape index (κ2) is 5.37. The molecule has 2 fully saturated rings. The van der Waals surface area contributed by atoms with Crippen LogP contribution in [0.25, 0.3) is 0 Å². The van der Waals surface area contributed by atoms with Crippen molar-refractivity contribution in [3.63, 3.8) is 0 Å². The smallest absolute Gasteiger partial charge is 0.303 e. The van der Waals surface area contributed by atoms with E-state index in [4.69, 9.17) is 5.11 Å². The first kappa shape index (κ1) is 12.9. The molecule has 0 unspecified atom stereocenters. The minimum Gasteiger partial charge on any atom is -0.481 e. The second-order valence-electron chi connectivity index (χ2n) is 4.87. The van der Waals surface area contributed by atoms with Crippen molar-refractivity contribution in [2.75, 3.05) is 26.2 Å².